The Labute approximate surface area is 136 Å². The molecule has 2 aromatic carbocycles. The minimum absolute atomic E-state index is 0.435. The first-order chi connectivity index (χ1) is 11.2. The van der Waals surface area contributed by atoms with E-state index in [1.807, 2.05) is 24.3 Å². The molecule has 118 valence electrons. The number of carbonyl (C=O) groups excluding carboxylic acids is 1. The summed E-state index contributed by atoms with van der Waals surface area (Å²) in [4.78, 5) is 11.8. The number of ether oxygens (including phenoxy) is 2. The van der Waals surface area contributed by atoms with Gasteiger partial charge in [-0.1, -0.05) is 49.4 Å². The van der Waals surface area contributed by atoms with E-state index in [4.69, 9.17) is 9.47 Å². The van der Waals surface area contributed by atoms with E-state index in [0.29, 0.717) is 5.75 Å². The summed E-state index contributed by atoms with van der Waals surface area (Å²) in [6, 6.07) is 7.87. The summed E-state index contributed by atoms with van der Waals surface area (Å²) in [6.07, 6.45) is 6.02. The Kier molecular flexibility index (Phi) is 4.20. The first-order valence-corrected chi connectivity index (χ1v) is 7.82. The predicted molar refractivity (Wildman–Crippen MR) is 92.1 cm³/mol. The summed E-state index contributed by atoms with van der Waals surface area (Å²) in [6.45, 7) is 5.65. The summed E-state index contributed by atoms with van der Waals surface area (Å²) in [5, 5.41) is 1.87. The second-order valence-corrected chi connectivity index (χ2v) is 5.59. The molecule has 0 saturated heterocycles. The molecule has 0 bridgehead atoms. The van der Waals surface area contributed by atoms with Crippen molar-refractivity contribution in [1.82, 2.24) is 0 Å². The van der Waals surface area contributed by atoms with Crippen LogP contribution in [0.4, 0.5) is 0 Å². The molecule has 0 amide bonds. The van der Waals surface area contributed by atoms with E-state index in [2.05, 4.69) is 19.6 Å². The van der Waals surface area contributed by atoms with Gasteiger partial charge in [0.1, 0.15) is 11.5 Å². The number of fused-ring (bicyclic) bond motifs is 2. The van der Waals surface area contributed by atoms with Crippen molar-refractivity contribution in [3.8, 4) is 11.5 Å². The molecular formula is C20H20O3. The maximum absolute atomic E-state index is 11.8. The summed E-state index contributed by atoms with van der Waals surface area (Å²) in [5.41, 5.74) is 3.51. The van der Waals surface area contributed by atoms with Gasteiger partial charge in [0, 0.05) is 28.0 Å². The zero-order valence-electron chi connectivity index (χ0n) is 13.5. The van der Waals surface area contributed by atoms with Gasteiger partial charge in [-0.05, 0) is 19.3 Å². The molecule has 23 heavy (non-hydrogen) atoms. The van der Waals surface area contributed by atoms with Crippen LogP contribution in [0.25, 0.3) is 10.8 Å². The highest BCUT2D eigenvalue weighted by Gasteiger charge is 2.24. The van der Waals surface area contributed by atoms with Gasteiger partial charge in [-0.25, -0.2) is 4.79 Å². The van der Waals surface area contributed by atoms with Crippen LogP contribution < -0.4 is 9.47 Å². The summed E-state index contributed by atoms with van der Waals surface area (Å²) in [5.74, 6) is 1.08. The monoisotopic (exact) mass is 308 g/mol. The number of carbonyl (C=O) groups is 1. The fourth-order valence-corrected chi connectivity index (χ4v) is 3.19. The largest absolute Gasteiger partial charge is 0.496 e. The third-order valence-corrected chi connectivity index (χ3v) is 4.36. The Bertz CT molecular complexity index is 815. The van der Waals surface area contributed by atoms with Gasteiger partial charge in [0.25, 0.3) is 0 Å². The van der Waals surface area contributed by atoms with Gasteiger partial charge in [0.2, 0.25) is 0 Å². The van der Waals surface area contributed by atoms with Crippen LogP contribution in [-0.2, 0) is 17.6 Å². The highest BCUT2D eigenvalue weighted by atomic mass is 16.5. The summed E-state index contributed by atoms with van der Waals surface area (Å²) in [7, 11) is 1.69. The molecular weight excluding hydrogens is 288 g/mol. The van der Waals surface area contributed by atoms with Crippen LogP contribution in [0.2, 0.25) is 0 Å². The van der Waals surface area contributed by atoms with E-state index in [9.17, 15) is 4.79 Å². The van der Waals surface area contributed by atoms with Crippen LogP contribution in [0.5, 0.6) is 11.5 Å². The first kappa shape index (κ1) is 15.3. The van der Waals surface area contributed by atoms with E-state index >= 15 is 0 Å². The maximum atomic E-state index is 11.8. The van der Waals surface area contributed by atoms with Gasteiger partial charge >= 0.3 is 5.97 Å². The lowest BCUT2D eigenvalue weighted by Crippen LogP contribution is -2.12. The van der Waals surface area contributed by atoms with Crippen LogP contribution in [0.3, 0.4) is 0 Å². The van der Waals surface area contributed by atoms with Crippen LogP contribution in [0.15, 0.2) is 48.6 Å². The minimum atomic E-state index is -0.435. The summed E-state index contributed by atoms with van der Waals surface area (Å²) < 4.78 is 11.3. The Morgan fingerprint density at radius 2 is 1.91 bits per heavy atom. The van der Waals surface area contributed by atoms with Crippen molar-refractivity contribution in [2.75, 3.05) is 7.11 Å². The second kappa shape index (κ2) is 6.29. The van der Waals surface area contributed by atoms with Crippen LogP contribution in [-0.4, -0.2) is 13.1 Å². The van der Waals surface area contributed by atoms with Crippen molar-refractivity contribution in [3.63, 3.8) is 0 Å². The first-order valence-electron chi connectivity index (χ1n) is 7.82. The average Bonchev–Trinajstić information content (AvgIpc) is 2.61. The van der Waals surface area contributed by atoms with Crippen molar-refractivity contribution in [2.45, 2.75) is 26.2 Å². The van der Waals surface area contributed by atoms with E-state index in [1.54, 1.807) is 7.11 Å². The molecule has 0 atom stereocenters. The molecule has 0 radical (unpaired) electrons. The van der Waals surface area contributed by atoms with Crippen molar-refractivity contribution >= 4 is 16.7 Å². The zero-order chi connectivity index (χ0) is 16.4. The number of hydrogen-bond donors (Lipinski definition) is 0. The smallest absolute Gasteiger partial charge is 0.335 e. The molecule has 0 unspecified atom stereocenters. The zero-order valence-corrected chi connectivity index (χ0v) is 13.5. The Morgan fingerprint density at radius 3 is 2.52 bits per heavy atom. The van der Waals surface area contributed by atoms with E-state index < -0.39 is 5.97 Å². The van der Waals surface area contributed by atoms with Crippen LogP contribution >= 0.6 is 0 Å². The third kappa shape index (κ3) is 2.63. The molecule has 1 aliphatic rings. The quantitative estimate of drug-likeness (QED) is 0.364. The molecule has 0 fully saturated rings. The number of rotatable bonds is 4. The highest BCUT2D eigenvalue weighted by molar-refractivity contribution is 5.98. The number of hydrogen-bond acceptors (Lipinski definition) is 3. The molecule has 3 nitrogen and oxygen atoms in total. The molecule has 1 aliphatic carbocycles. The number of methoxy groups -OCH3 is 1. The van der Waals surface area contributed by atoms with E-state index in [-0.39, 0.29) is 0 Å². The number of allylic oxidation sites excluding steroid dienone is 2. The van der Waals surface area contributed by atoms with Gasteiger partial charge in [-0.2, -0.15) is 0 Å². The van der Waals surface area contributed by atoms with Crippen LogP contribution in [0, 0.1) is 0 Å². The maximum Gasteiger partial charge on any atom is 0.335 e. The second-order valence-electron chi connectivity index (χ2n) is 5.59. The lowest BCUT2D eigenvalue weighted by atomic mass is 9.86. The third-order valence-electron chi connectivity index (χ3n) is 4.36. The fourth-order valence-electron chi connectivity index (χ4n) is 3.19. The molecule has 3 rings (SSSR count). The van der Waals surface area contributed by atoms with Crippen molar-refractivity contribution in [1.29, 1.82) is 0 Å². The number of benzene rings is 2. The van der Waals surface area contributed by atoms with E-state index in [1.165, 1.54) is 11.6 Å². The molecule has 0 saturated carbocycles. The summed E-state index contributed by atoms with van der Waals surface area (Å²) >= 11 is 0. The predicted octanol–water partition coefficient (Wildman–Crippen LogP) is 4.37. The topological polar surface area (TPSA) is 35.5 Å². The minimum Gasteiger partial charge on any atom is -0.496 e. The number of esters is 1. The Hall–Kier alpha value is -2.55. The Morgan fingerprint density at radius 1 is 1.22 bits per heavy atom. The van der Waals surface area contributed by atoms with Gasteiger partial charge in [-0.3, -0.25) is 0 Å². The van der Waals surface area contributed by atoms with Crippen molar-refractivity contribution < 1.29 is 14.3 Å². The van der Waals surface area contributed by atoms with Crippen LogP contribution in [0.1, 0.15) is 24.5 Å². The van der Waals surface area contributed by atoms with Gasteiger partial charge < -0.3 is 9.47 Å². The lowest BCUT2D eigenvalue weighted by Gasteiger charge is -2.24. The molecule has 0 N–H and O–H groups in total. The molecule has 0 heterocycles. The molecule has 2 aromatic rings. The molecule has 0 aromatic heterocycles. The van der Waals surface area contributed by atoms with Crippen molar-refractivity contribution in [3.05, 3.63) is 59.7 Å². The lowest BCUT2D eigenvalue weighted by molar-refractivity contribution is -0.128. The van der Waals surface area contributed by atoms with Gasteiger partial charge in [0.15, 0.2) is 0 Å². The van der Waals surface area contributed by atoms with E-state index in [0.717, 1.165) is 46.9 Å². The average molecular weight is 308 g/mol. The SMILES string of the molecule is C=CC(=O)Oc1c2c(c(OC)c3ccccc13)CC=C(CC)C2. The molecule has 0 spiro atoms. The van der Waals surface area contributed by atoms with Crippen molar-refractivity contribution in [2.24, 2.45) is 0 Å². The fraction of sp³-hybridized carbons (Fsp3) is 0.250. The Balaban J connectivity index is 2.31. The van der Waals surface area contributed by atoms with Gasteiger partial charge in [-0.15, -0.1) is 0 Å². The molecule has 0 aliphatic heterocycles. The molecule has 3 heteroatoms. The standard InChI is InChI=1S/C20H20O3/c1-4-13-10-11-16-17(12-13)20(23-18(21)5-2)15-9-7-6-8-14(15)19(16)22-3/h5-10H,2,4,11-12H2,1,3H3. The normalized spacial score (nSPS) is 13.2. The van der Waals surface area contributed by atoms with Gasteiger partial charge in [0.05, 0.1) is 7.11 Å². The highest BCUT2D eigenvalue weighted by Crippen LogP contribution is 2.44.